The largest absolute Gasteiger partial charge is 0.416 e. The Morgan fingerprint density at radius 3 is 2.33 bits per heavy atom. The molecule has 0 bridgehead atoms. The van der Waals surface area contributed by atoms with Crippen molar-refractivity contribution in [3.8, 4) is 0 Å². The predicted molar refractivity (Wildman–Crippen MR) is 105 cm³/mol. The van der Waals surface area contributed by atoms with Crippen molar-refractivity contribution >= 4 is 19.7 Å². The minimum absolute atomic E-state index is 0.0657. The minimum atomic E-state index is -4.64. The topological polar surface area (TPSA) is 77.5 Å². The summed E-state index contributed by atoms with van der Waals surface area (Å²) in [5.41, 5.74) is 0.129. The number of hydrogen-bond donors (Lipinski definition) is 0. The highest BCUT2D eigenvalue weighted by Crippen LogP contribution is 2.36. The monoisotopic (exact) mass is 462 g/mol. The Kier molecular flexibility index (Phi) is 6.05. The summed E-state index contributed by atoms with van der Waals surface area (Å²) < 4.78 is 94.2. The third kappa shape index (κ3) is 4.70. The lowest BCUT2D eigenvalue weighted by Gasteiger charge is -2.30. The molecular formula is C20H21F3O5S2. The van der Waals surface area contributed by atoms with Crippen LogP contribution in [0.15, 0.2) is 52.3 Å². The fourth-order valence-corrected chi connectivity index (χ4v) is 6.35. The van der Waals surface area contributed by atoms with Crippen LogP contribution in [0.5, 0.6) is 0 Å². The van der Waals surface area contributed by atoms with E-state index in [1.807, 2.05) is 0 Å². The predicted octanol–water partition coefficient (Wildman–Crippen LogP) is 4.11. The van der Waals surface area contributed by atoms with Crippen LogP contribution in [0, 0.1) is 6.92 Å². The van der Waals surface area contributed by atoms with Gasteiger partial charge in [0.25, 0.3) is 0 Å². The normalized spacial score (nSPS) is 20.8. The van der Waals surface area contributed by atoms with Crippen molar-refractivity contribution in [1.82, 2.24) is 0 Å². The number of aryl methyl sites for hydroxylation is 1. The van der Waals surface area contributed by atoms with Crippen LogP contribution in [0.25, 0.3) is 0 Å². The summed E-state index contributed by atoms with van der Waals surface area (Å²) in [6.45, 7) is 1.76. The summed E-state index contributed by atoms with van der Waals surface area (Å²) in [6.07, 6.45) is -3.91. The molecule has 0 amide bonds. The average molecular weight is 463 g/mol. The molecule has 1 saturated heterocycles. The molecule has 1 aliphatic rings. The Balaban J connectivity index is 1.88. The summed E-state index contributed by atoms with van der Waals surface area (Å²) in [6, 6.07) is 8.41. The summed E-state index contributed by atoms with van der Waals surface area (Å²) >= 11 is 0. The second kappa shape index (κ2) is 7.97. The number of ether oxygens (including phenoxy) is 1. The van der Waals surface area contributed by atoms with E-state index in [2.05, 4.69) is 0 Å². The number of benzene rings is 2. The van der Waals surface area contributed by atoms with Gasteiger partial charge in [-0.1, -0.05) is 18.2 Å². The van der Waals surface area contributed by atoms with Crippen molar-refractivity contribution in [1.29, 1.82) is 0 Å². The second-order valence-electron chi connectivity index (χ2n) is 7.37. The first-order valence-electron chi connectivity index (χ1n) is 9.13. The molecule has 5 nitrogen and oxygen atoms in total. The molecule has 10 heteroatoms. The quantitative estimate of drug-likeness (QED) is 0.683. The maximum absolute atomic E-state index is 13.0. The van der Waals surface area contributed by atoms with Gasteiger partial charge in [-0.15, -0.1) is 0 Å². The molecule has 0 spiro atoms. The second-order valence-corrected chi connectivity index (χ2v) is 11.6. The van der Waals surface area contributed by atoms with Crippen molar-refractivity contribution < 1.29 is 34.7 Å². The Morgan fingerprint density at radius 1 is 1.03 bits per heavy atom. The maximum Gasteiger partial charge on any atom is 0.416 e. The van der Waals surface area contributed by atoms with E-state index in [9.17, 15) is 30.0 Å². The molecule has 1 heterocycles. The van der Waals surface area contributed by atoms with Crippen LogP contribution in [0.2, 0.25) is 0 Å². The van der Waals surface area contributed by atoms with E-state index in [1.165, 1.54) is 12.1 Å². The molecule has 0 saturated carbocycles. The minimum Gasteiger partial charge on any atom is -0.373 e. The molecule has 0 radical (unpaired) electrons. The number of rotatable bonds is 4. The molecule has 0 aromatic heterocycles. The Labute approximate surface area is 173 Å². The highest BCUT2D eigenvalue weighted by atomic mass is 32.2. The number of halogens is 3. The Morgan fingerprint density at radius 2 is 1.73 bits per heavy atom. The first-order chi connectivity index (χ1) is 13.8. The fraction of sp³-hybridized carbons (Fsp3) is 0.400. The molecule has 2 atom stereocenters. The first-order valence-corrected chi connectivity index (χ1v) is 12.6. The summed E-state index contributed by atoms with van der Waals surface area (Å²) in [7, 11) is -7.40. The van der Waals surface area contributed by atoms with Gasteiger partial charge in [0.2, 0.25) is 0 Å². The van der Waals surface area contributed by atoms with E-state index >= 15 is 0 Å². The molecular weight excluding hydrogens is 441 g/mol. The lowest BCUT2D eigenvalue weighted by atomic mass is 9.99. The standard InChI is InChI=1S/C20H21F3O5S2/c1-13-10-14(6-7-19(13)29(2,24)25)18-12-17(8-9-28-18)30(26,27)16-5-3-4-15(11-16)20(21,22)23/h3-7,10-11,17-18H,8-9,12H2,1-2H3. The van der Waals surface area contributed by atoms with Gasteiger partial charge in [0.05, 0.1) is 26.7 Å². The van der Waals surface area contributed by atoms with Crippen molar-refractivity contribution in [2.75, 3.05) is 12.9 Å². The number of hydrogen-bond acceptors (Lipinski definition) is 5. The van der Waals surface area contributed by atoms with Crippen LogP contribution in [-0.4, -0.2) is 34.9 Å². The van der Waals surface area contributed by atoms with Gasteiger partial charge in [-0.25, -0.2) is 16.8 Å². The third-order valence-corrected chi connectivity index (χ3v) is 8.61. The van der Waals surface area contributed by atoms with E-state index in [4.69, 9.17) is 4.74 Å². The van der Waals surface area contributed by atoms with Gasteiger partial charge in [0.1, 0.15) is 0 Å². The zero-order chi connectivity index (χ0) is 22.3. The van der Waals surface area contributed by atoms with Gasteiger partial charge in [-0.3, -0.25) is 0 Å². The Bertz CT molecular complexity index is 1160. The summed E-state index contributed by atoms with van der Waals surface area (Å²) in [5, 5.41) is -0.908. The summed E-state index contributed by atoms with van der Waals surface area (Å²) in [4.78, 5) is -0.193. The van der Waals surface area contributed by atoms with Crippen molar-refractivity contribution in [2.45, 2.75) is 47.1 Å². The molecule has 164 valence electrons. The van der Waals surface area contributed by atoms with Crippen LogP contribution in [-0.2, 0) is 30.6 Å². The molecule has 2 unspecified atom stereocenters. The van der Waals surface area contributed by atoms with Crippen LogP contribution in [0.1, 0.15) is 35.6 Å². The zero-order valence-electron chi connectivity index (χ0n) is 16.3. The van der Waals surface area contributed by atoms with E-state index < -0.39 is 42.8 Å². The molecule has 2 aromatic carbocycles. The van der Waals surface area contributed by atoms with Crippen LogP contribution in [0.3, 0.4) is 0 Å². The SMILES string of the molecule is Cc1cc(C2CC(S(=O)(=O)c3cccc(C(F)(F)F)c3)CCO2)ccc1S(C)(=O)=O. The van der Waals surface area contributed by atoms with Crippen molar-refractivity contribution in [2.24, 2.45) is 0 Å². The molecule has 1 aliphatic heterocycles. The molecule has 3 rings (SSSR count). The lowest BCUT2D eigenvalue weighted by molar-refractivity contribution is -0.137. The highest BCUT2D eigenvalue weighted by Gasteiger charge is 2.36. The molecule has 2 aromatic rings. The van der Waals surface area contributed by atoms with E-state index in [-0.39, 0.29) is 29.2 Å². The maximum atomic E-state index is 13.0. The van der Waals surface area contributed by atoms with Gasteiger partial charge in [0.15, 0.2) is 19.7 Å². The van der Waals surface area contributed by atoms with Gasteiger partial charge < -0.3 is 4.74 Å². The van der Waals surface area contributed by atoms with E-state index in [1.54, 1.807) is 19.1 Å². The van der Waals surface area contributed by atoms with Gasteiger partial charge in [-0.05, 0) is 55.2 Å². The highest BCUT2D eigenvalue weighted by molar-refractivity contribution is 7.92. The Hall–Kier alpha value is -1.91. The summed E-state index contributed by atoms with van der Waals surface area (Å²) in [5.74, 6) is 0. The van der Waals surface area contributed by atoms with Crippen LogP contribution < -0.4 is 0 Å². The molecule has 30 heavy (non-hydrogen) atoms. The zero-order valence-corrected chi connectivity index (χ0v) is 17.9. The fourth-order valence-electron chi connectivity index (χ4n) is 3.61. The lowest BCUT2D eigenvalue weighted by Crippen LogP contribution is -2.31. The molecule has 0 aliphatic carbocycles. The molecule has 0 N–H and O–H groups in total. The smallest absolute Gasteiger partial charge is 0.373 e. The number of sulfone groups is 2. The van der Waals surface area contributed by atoms with E-state index in [0.717, 1.165) is 18.4 Å². The van der Waals surface area contributed by atoms with Crippen molar-refractivity contribution in [3.05, 3.63) is 59.2 Å². The van der Waals surface area contributed by atoms with Gasteiger partial charge in [0, 0.05) is 12.9 Å². The molecule has 1 fully saturated rings. The van der Waals surface area contributed by atoms with Gasteiger partial charge in [-0.2, -0.15) is 13.2 Å². The van der Waals surface area contributed by atoms with Crippen molar-refractivity contribution in [3.63, 3.8) is 0 Å². The van der Waals surface area contributed by atoms with E-state index in [0.29, 0.717) is 17.2 Å². The van der Waals surface area contributed by atoms with Crippen LogP contribution in [0.4, 0.5) is 13.2 Å². The van der Waals surface area contributed by atoms with Crippen LogP contribution >= 0.6 is 0 Å². The first kappa shape index (κ1) is 22.8. The van der Waals surface area contributed by atoms with Gasteiger partial charge >= 0.3 is 6.18 Å². The third-order valence-electron chi connectivity index (χ3n) is 5.13. The number of alkyl halides is 3. The average Bonchev–Trinajstić information content (AvgIpc) is 2.66.